The molecular weight excluding hydrogens is 296 g/mol. The van der Waals surface area contributed by atoms with Crippen LogP contribution in [0.3, 0.4) is 0 Å². The predicted octanol–water partition coefficient (Wildman–Crippen LogP) is 2.32. The zero-order valence-corrected chi connectivity index (χ0v) is 15.0. The summed E-state index contributed by atoms with van der Waals surface area (Å²) < 4.78 is 0. The summed E-state index contributed by atoms with van der Waals surface area (Å²) in [6.45, 7) is 5.51. The molecule has 1 N–H and O–H groups in total. The molecule has 3 heteroatoms. The Labute approximate surface area is 147 Å². The molecule has 0 saturated carbocycles. The Morgan fingerprint density at radius 2 is 1.79 bits per heavy atom. The van der Waals surface area contributed by atoms with Crippen molar-refractivity contribution in [1.82, 2.24) is 4.90 Å². The fraction of sp³-hybridized carbons (Fsp3) is 0.667. The van der Waals surface area contributed by atoms with E-state index in [1.54, 1.807) is 4.90 Å². The first-order valence-electron chi connectivity index (χ1n) is 9.99. The number of rotatable bonds is 5. The van der Waals surface area contributed by atoms with E-state index in [0.29, 0.717) is 5.91 Å². The van der Waals surface area contributed by atoms with Gasteiger partial charge in [0.2, 0.25) is 5.91 Å². The molecule has 0 spiro atoms. The average Bonchev–Trinajstić information content (AvgIpc) is 2.92. The second-order valence-electron chi connectivity index (χ2n) is 7.62. The number of hydrogen-bond donors (Lipinski definition) is 1. The summed E-state index contributed by atoms with van der Waals surface area (Å²) in [4.78, 5) is 16.7. The molecule has 1 unspecified atom stereocenters. The highest BCUT2D eigenvalue weighted by molar-refractivity contribution is 5.79. The van der Waals surface area contributed by atoms with E-state index >= 15 is 0 Å². The van der Waals surface area contributed by atoms with Crippen molar-refractivity contribution >= 4 is 5.91 Å². The molecule has 2 aliphatic rings. The first-order chi connectivity index (χ1) is 11.8. The summed E-state index contributed by atoms with van der Waals surface area (Å²) in [6, 6.07) is 10.8. The van der Waals surface area contributed by atoms with Crippen molar-refractivity contribution in [3.63, 3.8) is 0 Å². The molecule has 24 heavy (non-hydrogen) atoms. The monoisotopic (exact) mass is 329 g/mol. The molecule has 132 valence electrons. The standard InChI is InChI=1S/C21H32N2O/c24-21(23-16-6-1-2-7-17-23)20-13-9-15-22(18-20)14-8-12-19-10-4-3-5-11-19/h3-5,10-11,20H,1-2,6-9,12-18H2/p+1/t20-/m0/s1. The Balaban J connectivity index is 1.44. The molecule has 3 nitrogen and oxygen atoms in total. The van der Waals surface area contributed by atoms with Gasteiger partial charge in [-0.3, -0.25) is 4.79 Å². The van der Waals surface area contributed by atoms with Crippen LogP contribution in [0.15, 0.2) is 30.3 Å². The molecule has 0 aromatic heterocycles. The third-order valence-corrected chi connectivity index (χ3v) is 5.72. The van der Waals surface area contributed by atoms with Crippen LogP contribution in [0.25, 0.3) is 0 Å². The number of aryl methyl sites for hydroxylation is 1. The van der Waals surface area contributed by atoms with Crippen LogP contribution in [0.2, 0.25) is 0 Å². The molecule has 3 rings (SSSR count). The molecule has 0 aliphatic carbocycles. The largest absolute Gasteiger partial charge is 0.342 e. The number of carbonyl (C=O) groups excluding carboxylic acids is 1. The number of likely N-dealkylation sites (tertiary alicyclic amines) is 2. The third kappa shape index (κ3) is 5.07. The van der Waals surface area contributed by atoms with Crippen LogP contribution in [0.4, 0.5) is 0 Å². The number of quaternary nitrogens is 1. The third-order valence-electron chi connectivity index (χ3n) is 5.72. The summed E-state index contributed by atoms with van der Waals surface area (Å²) in [5.74, 6) is 0.737. The van der Waals surface area contributed by atoms with E-state index in [2.05, 4.69) is 35.2 Å². The van der Waals surface area contributed by atoms with Gasteiger partial charge in [0.05, 0.1) is 25.6 Å². The van der Waals surface area contributed by atoms with Crippen molar-refractivity contribution in [3.05, 3.63) is 35.9 Å². The minimum Gasteiger partial charge on any atom is -0.342 e. The van der Waals surface area contributed by atoms with E-state index in [9.17, 15) is 4.79 Å². The van der Waals surface area contributed by atoms with E-state index in [1.807, 2.05) is 0 Å². The number of benzene rings is 1. The first-order valence-corrected chi connectivity index (χ1v) is 9.99. The Morgan fingerprint density at radius 1 is 1.04 bits per heavy atom. The Morgan fingerprint density at radius 3 is 2.54 bits per heavy atom. The van der Waals surface area contributed by atoms with Gasteiger partial charge in [-0.25, -0.2) is 0 Å². The molecule has 2 atom stereocenters. The fourth-order valence-electron chi connectivity index (χ4n) is 4.33. The van der Waals surface area contributed by atoms with Crippen molar-refractivity contribution in [2.75, 3.05) is 32.7 Å². The Bertz CT molecular complexity index is 494. The van der Waals surface area contributed by atoms with Gasteiger partial charge in [0.15, 0.2) is 0 Å². The highest BCUT2D eigenvalue weighted by atomic mass is 16.2. The van der Waals surface area contributed by atoms with Crippen LogP contribution in [-0.2, 0) is 11.2 Å². The topological polar surface area (TPSA) is 24.8 Å². The minimum absolute atomic E-state index is 0.281. The van der Waals surface area contributed by atoms with Crippen LogP contribution in [-0.4, -0.2) is 43.5 Å². The molecule has 2 aliphatic heterocycles. The molecule has 0 radical (unpaired) electrons. The van der Waals surface area contributed by atoms with Crippen molar-refractivity contribution in [2.24, 2.45) is 5.92 Å². The second-order valence-corrected chi connectivity index (χ2v) is 7.62. The minimum atomic E-state index is 0.281. The fourth-order valence-corrected chi connectivity index (χ4v) is 4.33. The van der Waals surface area contributed by atoms with E-state index in [4.69, 9.17) is 0 Å². The van der Waals surface area contributed by atoms with Gasteiger partial charge in [0.25, 0.3) is 0 Å². The smallest absolute Gasteiger partial charge is 0.231 e. The van der Waals surface area contributed by atoms with E-state index < -0.39 is 0 Å². The highest BCUT2D eigenvalue weighted by Gasteiger charge is 2.31. The molecular formula is C21H33N2O+. The quantitative estimate of drug-likeness (QED) is 0.881. The van der Waals surface area contributed by atoms with Crippen molar-refractivity contribution in [3.8, 4) is 0 Å². The van der Waals surface area contributed by atoms with Gasteiger partial charge < -0.3 is 9.80 Å². The number of piperidine rings is 1. The number of nitrogens with zero attached hydrogens (tertiary/aromatic N) is 1. The predicted molar refractivity (Wildman–Crippen MR) is 98.1 cm³/mol. The van der Waals surface area contributed by atoms with Crippen molar-refractivity contribution < 1.29 is 9.69 Å². The lowest BCUT2D eigenvalue weighted by Crippen LogP contribution is -3.13. The van der Waals surface area contributed by atoms with Crippen LogP contribution < -0.4 is 4.90 Å². The SMILES string of the molecule is O=C([C@H]1CCC[NH+](CCCc2ccccc2)C1)N1CCCCCC1. The summed E-state index contributed by atoms with van der Waals surface area (Å²) >= 11 is 0. The number of nitrogens with one attached hydrogen (secondary N) is 1. The van der Waals surface area contributed by atoms with Crippen LogP contribution in [0.1, 0.15) is 50.5 Å². The zero-order valence-electron chi connectivity index (χ0n) is 15.0. The highest BCUT2D eigenvalue weighted by Crippen LogP contribution is 2.16. The van der Waals surface area contributed by atoms with Gasteiger partial charge in [-0.15, -0.1) is 0 Å². The van der Waals surface area contributed by atoms with E-state index in [1.165, 1.54) is 57.2 Å². The maximum atomic E-state index is 12.9. The summed E-state index contributed by atoms with van der Waals surface area (Å²) in [6.07, 6.45) is 9.70. The maximum absolute atomic E-state index is 12.9. The van der Waals surface area contributed by atoms with Gasteiger partial charge in [-0.2, -0.15) is 0 Å². The Hall–Kier alpha value is -1.35. The van der Waals surface area contributed by atoms with Gasteiger partial charge in [0, 0.05) is 19.5 Å². The number of amides is 1. The molecule has 0 bridgehead atoms. The molecule has 2 fully saturated rings. The first kappa shape index (κ1) is 17.5. The molecule has 1 aromatic rings. The van der Waals surface area contributed by atoms with Gasteiger partial charge in [-0.05, 0) is 37.7 Å². The molecule has 2 saturated heterocycles. The van der Waals surface area contributed by atoms with Crippen LogP contribution in [0, 0.1) is 5.92 Å². The normalized spacial score (nSPS) is 25.2. The van der Waals surface area contributed by atoms with Crippen molar-refractivity contribution in [1.29, 1.82) is 0 Å². The summed E-state index contributed by atoms with van der Waals surface area (Å²) in [5, 5.41) is 0. The lowest BCUT2D eigenvalue weighted by Gasteiger charge is -2.32. The summed E-state index contributed by atoms with van der Waals surface area (Å²) in [7, 11) is 0. The lowest BCUT2D eigenvalue weighted by molar-refractivity contribution is -0.907. The van der Waals surface area contributed by atoms with E-state index in [0.717, 1.165) is 32.5 Å². The maximum Gasteiger partial charge on any atom is 0.231 e. The molecule has 2 heterocycles. The average molecular weight is 330 g/mol. The van der Waals surface area contributed by atoms with Gasteiger partial charge >= 0.3 is 0 Å². The van der Waals surface area contributed by atoms with Gasteiger partial charge in [0.1, 0.15) is 0 Å². The Kier molecular flexibility index (Phi) is 6.71. The van der Waals surface area contributed by atoms with Gasteiger partial charge in [-0.1, -0.05) is 43.2 Å². The number of carbonyl (C=O) groups is 1. The van der Waals surface area contributed by atoms with Crippen molar-refractivity contribution in [2.45, 2.75) is 51.4 Å². The summed E-state index contributed by atoms with van der Waals surface area (Å²) in [5.41, 5.74) is 1.44. The molecule has 1 aromatic carbocycles. The second kappa shape index (κ2) is 9.22. The number of hydrogen-bond acceptors (Lipinski definition) is 1. The lowest BCUT2D eigenvalue weighted by atomic mass is 9.96. The zero-order chi connectivity index (χ0) is 16.6. The molecule has 1 amide bonds. The van der Waals surface area contributed by atoms with Crippen LogP contribution in [0.5, 0.6) is 0 Å². The van der Waals surface area contributed by atoms with E-state index in [-0.39, 0.29) is 5.92 Å². The van der Waals surface area contributed by atoms with Crippen LogP contribution >= 0.6 is 0 Å².